The second-order valence-electron chi connectivity index (χ2n) is 5.07. The fourth-order valence-electron chi connectivity index (χ4n) is 2.20. The van der Waals surface area contributed by atoms with Crippen LogP contribution >= 0.6 is 23.2 Å². The van der Waals surface area contributed by atoms with Crippen LogP contribution in [-0.4, -0.2) is 6.04 Å². The van der Waals surface area contributed by atoms with Gasteiger partial charge >= 0.3 is 0 Å². The van der Waals surface area contributed by atoms with Crippen molar-refractivity contribution in [2.45, 2.75) is 32.7 Å². The predicted molar refractivity (Wildman–Crippen MR) is 71.4 cm³/mol. The fourth-order valence-corrected chi connectivity index (χ4v) is 2.69. The minimum absolute atomic E-state index is 0.0692. The summed E-state index contributed by atoms with van der Waals surface area (Å²) in [6, 6.07) is 3.64. The molecule has 4 heteroatoms. The van der Waals surface area contributed by atoms with Crippen molar-refractivity contribution in [2.75, 3.05) is 5.32 Å². The molecular weight excluding hydrogens is 260 g/mol. The fraction of sp³-hybridized carbons (Fsp3) is 0.538. The summed E-state index contributed by atoms with van der Waals surface area (Å²) in [7, 11) is 0. The van der Waals surface area contributed by atoms with Crippen molar-refractivity contribution in [3.8, 4) is 0 Å². The van der Waals surface area contributed by atoms with Gasteiger partial charge in [0.1, 0.15) is 0 Å². The summed E-state index contributed by atoms with van der Waals surface area (Å²) in [5.41, 5.74) is 0.800. The molecule has 17 heavy (non-hydrogen) atoms. The van der Waals surface area contributed by atoms with Crippen LogP contribution in [0.5, 0.6) is 0 Å². The lowest BCUT2D eigenvalue weighted by atomic mass is 9.73. The number of rotatable bonds is 3. The molecule has 1 aromatic carbocycles. The van der Waals surface area contributed by atoms with Gasteiger partial charge in [-0.05, 0) is 36.8 Å². The highest BCUT2D eigenvalue weighted by molar-refractivity contribution is 6.35. The molecule has 0 saturated heterocycles. The van der Waals surface area contributed by atoms with Crippen LogP contribution in [0.3, 0.4) is 0 Å². The number of hydrogen-bond donors (Lipinski definition) is 1. The molecule has 1 fully saturated rings. The van der Waals surface area contributed by atoms with Crippen molar-refractivity contribution in [3.05, 3.63) is 28.0 Å². The van der Waals surface area contributed by atoms with Crippen LogP contribution < -0.4 is 5.32 Å². The number of anilines is 1. The van der Waals surface area contributed by atoms with Gasteiger partial charge < -0.3 is 5.32 Å². The Morgan fingerprint density at radius 3 is 2.24 bits per heavy atom. The average molecular weight is 276 g/mol. The summed E-state index contributed by atoms with van der Waals surface area (Å²) < 4.78 is 13.2. The molecule has 0 bridgehead atoms. The second kappa shape index (κ2) is 5.03. The van der Waals surface area contributed by atoms with E-state index < -0.39 is 5.82 Å². The molecule has 0 spiro atoms. The highest BCUT2D eigenvalue weighted by Crippen LogP contribution is 2.36. The van der Waals surface area contributed by atoms with Gasteiger partial charge in [-0.25, -0.2) is 4.39 Å². The molecule has 1 aliphatic rings. The van der Waals surface area contributed by atoms with Crippen LogP contribution in [0, 0.1) is 17.7 Å². The average Bonchev–Trinajstić information content (AvgIpc) is 2.18. The molecule has 94 valence electrons. The number of benzene rings is 1. The SMILES string of the molecule is CC(C)C1CC(Nc2cc(Cl)c(F)c(Cl)c2)C1. The molecule has 0 aromatic heterocycles. The summed E-state index contributed by atoms with van der Waals surface area (Å²) in [5.74, 6) is 0.972. The Labute approximate surface area is 111 Å². The summed E-state index contributed by atoms with van der Waals surface area (Å²) in [5, 5.41) is 3.47. The third-order valence-electron chi connectivity index (χ3n) is 3.47. The van der Waals surface area contributed by atoms with Crippen molar-refractivity contribution < 1.29 is 4.39 Å². The van der Waals surface area contributed by atoms with E-state index in [-0.39, 0.29) is 10.0 Å². The van der Waals surface area contributed by atoms with E-state index in [0.29, 0.717) is 6.04 Å². The van der Waals surface area contributed by atoms with E-state index in [1.165, 1.54) is 0 Å². The van der Waals surface area contributed by atoms with Gasteiger partial charge in [-0.3, -0.25) is 0 Å². The van der Waals surface area contributed by atoms with Gasteiger partial charge in [0, 0.05) is 11.7 Å². The zero-order chi connectivity index (χ0) is 12.6. The highest BCUT2D eigenvalue weighted by atomic mass is 35.5. The molecule has 0 amide bonds. The highest BCUT2D eigenvalue weighted by Gasteiger charge is 2.31. The predicted octanol–water partition coefficient (Wildman–Crippen LogP) is 4.98. The largest absolute Gasteiger partial charge is 0.382 e. The lowest BCUT2D eigenvalue weighted by Crippen LogP contribution is -2.37. The molecule has 0 unspecified atom stereocenters. The van der Waals surface area contributed by atoms with Crippen molar-refractivity contribution in [1.29, 1.82) is 0 Å². The number of nitrogens with one attached hydrogen (secondary N) is 1. The maximum atomic E-state index is 13.2. The van der Waals surface area contributed by atoms with Gasteiger partial charge in [0.05, 0.1) is 10.0 Å². The van der Waals surface area contributed by atoms with Gasteiger partial charge in [0.15, 0.2) is 5.82 Å². The van der Waals surface area contributed by atoms with Gasteiger partial charge in [-0.2, -0.15) is 0 Å². The van der Waals surface area contributed by atoms with Gasteiger partial charge in [0.2, 0.25) is 0 Å². The monoisotopic (exact) mass is 275 g/mol. The molecule has 0 aliphatic heterocycles. The van der Waals surface area contributed by atoms with Crippen molar-refractivity contribution in [2.24, 2.45) is 11.8 Å². The Kier molecular flexibility index (Phi) is 3.84. The smallest absolute Gasteiger partial charge is 0.160 e. The topological polar surface area (TPSA) is 12.0 Å². The van der Waals surface area contributed by atoms with Crippen LogP contribution in [0.4, 0.5) is 10.1 Å². The Bertz CT molecular complexity index is 391. The maximum absolute atomic E-state index is 13.2. The molecular formula is C13H16Cl2FN. The van der Waals surface area contributed by atoms with Crippen molar-refractivity contribution >= 4 is 28.9 Å². The third-order valence-corrected chi connectivity index (χ3v) is 4.02. The standard InChI is InChI=1S/C13H16Cl2FN/c1-7(2)8-3-9(4-8)17-10-5-11(14)13(16)12(15)6-10/h5-9,17H,3-4H2,1-2H3. The van der Waals surface area contributed by atoms with Crippen molar-refractivity contribution in [3.63, 3.8) is 0 Å². The zero-order valence-corrected chi connectivity index (χ0v) is 11.4. The molecule has 1 aliphatic carbocycles. The summed E-state index contributed by atoms with van der Waals surface area (Å²) in [6.45, 7) is 4.49. The van der Waals surface area contributed by atoms with Crippen LogP contribution in [0.1, 0.15) is 26.7 Å². The first-order valence-corrected chi connectivity index (χ1v) is 6.64. The second-order valence-corrected chi connectivity index (χ2v) is 5.89. The first kappa shape index (κ1) is 13.0. The van der Waals surface area contributed by atoms with E-state index in [1.807, 2.05) is 0 Å². The maximum Gasteiger partial charge on any atom is 0.160 e. The first-order chi connectivity index (χ1) is 7.97. The van der Waals surface area contributed by atoms with E-state index in [4.69, 9.17) is 23.2 Å². The minimum atomic E-state index is -0.549. The lowest BCUT2D eigenvalue weighted by Gasteiger charge is -2.39. The lowest BCUT2D eigenvalue weighted by molar-refractivity contribution is 0.212. The minimum Gasteiger partial charge on any atom is -0.382 e. The van der Waals surface area contributed by atoms with E-state index in [9.17, 15) is 4.39 Å². The van der Waals surface area contributed by atoms with Crippen LogP contribution in [0.15, 0.2) is 12.1 Å². The molecule has 2 rings (SSSR count). The van der Waals surface area contributed by atoms with Gasteiger partial charge in [0.25, 0.3) is 0 Å². The molecule has 1 N–H and O–H groups in total. The van der Waals surface area contributed by atoms with Crippen LogP contribution in [0.2, 0.25) is 10.0 Å². The normalized spacial score (nSPS) is 23.6. The molecule has 1 aromatic rings. The zero-order valence-electron chi connectivity index (χ0n) is 9.93. The van der Waals surface area contributed by atoms with E-state index in [1.54, 1.807) is 12.1 Å². The van der Waals surface area contributed by atoms with Crippen LogP contribution in [-0.2, 0) is 0 Å². The molecule has 1 saturated carbocycles. The Morgan fingerprint density at radius 2 is 1.76 bits per heavy atom. The number of halogens is 3. The Hall–Kier alpha value is -0.470. The summed E-state index contributed by atoms with van der Waals surface area (Å²) in [4.78, 5) is 0. The molecule has 1 nitrogen and oxygen atoms in total. The third kappa shape index (κ3) is 2.86. The Balaban J connectivity index is 1.97. The van der Waals surface area contributed by atoms with Crippen LogP contribution in [0.25, 0.3) is 0 Å². The quantitative estimate of drug-likeness (QED) is 0.768. The molecule has 0 radical (unpaired) electrons. The summed E-state index contributed by atoms with van der Waals surface area (Å²) >= 11 is 11.5. The Morgan fingerprint density at radius 1 is 1.24 bits per heavy atom. The first-order valence-electron chi connectivity index (χ1n) is 5.88. The summed E-state index contributed by atoms with van der Waals surface area (Å²) in [6.07, 6.45) is 2.31. The molecule has 0 atom stereocenters. The van der Waals surface area contributed by atoms with Gasteiger partial charge in [-0.15, -0.1) is 0 Å². The molecule has 0 heterocycles. The van der Waals surface area contributed by atoms with Crippen molar-refractivity contribution in [1.82, 2.24) is 0 Å². The van der Waals surface area contributed by atoms with E-state index in [2.05, 4.69) is 19.2 Å². The number of hydrogen-bond acceptors (Lipinski definition) is 1. The van der Waals surface area contributed by atoms with E-state index in [0.717, 1.165) is 30.4 Å². The van der Waals surface area contributed by atoms with E-state index >= 15 is 0 Å². The van der Waals surface area contributed by atoms with Gasteiger partial charge in [-0.1, -0.05) is 37.0 Å².